The molecule has 1 aromatic carbocycles. The van der Waals surface area contributed by atoms with E-state index < -0.39 is 0 Å². The second-order valence-electron chi connectivity index (χ2n) is 4.00. The largest absolute Gasteiger partial charge is 0.305 e. The molecule has 1 aliphatic carbocycles. The number of rotatable bonds is 4. The quantitative estimate of drug-likeness (QED) is 0.795. The van der Waals surface area contributed by atoms with Crippen molar-refractivity contribution >= 4 is 11.6 Å². The van der Waals surface area contributed by atoms with Crippen LogP contribution in [0, 0.1) is 0 Å². The lowest BCUT2D eigenvalue weighted by Gasteiger charge is -2.28. The van der Waals surface area contributed by atoms with Crippen LogP contribution in [0.1, 0.15) is 36.3 Å². The Balaban J connectivity index is 2.18. The summed E-state index contributed by atoms with van der Waals surface area (Å²) in [7, 11) is 1.63. The molecule has 0 atom stereocenters. The van der Waals surface area contributed by atoms with Gasteiger partial charge in [0, 0.05) is 11.6 Å². The van der Waals surface area contributed by atoms with Gasteiger partial charge in [0.1, 0.15) is 0 Å². The van der Waals surface area contributed by atoms with Crippen molar-refractivity contribution in [1.29, 1.82) is 0 Å². The molecule has 0 aliphatic heterocycles. The summed E-state index contributed by atoms with van der Waals surface area (Å²) in [6.07, 6.45) is 3.97. The van der Waals surface area contributed by atoms with E-state index in [9.17, 15) is 0 Å². The van der Waals surface area contributed by atoms with Crippen LogP contribution in [0.15, 0.2) is 18.2 Å². The number of nitrogens with one attached hydrogen (secondary N) is 1. The molecule has 1 aliphatic rings. The average molecular weight is 226 g/mol. The molecule has 1 fully saturated rings. The molecule has 15 heavy (non-hydrogen) atoms. The number of halogens is 1. The molecule has 0 spiro atoms. The summed E-state index contributed by atoms with van der Waals surface area (Å²) in [6.45, 7) is 0.725. The third-order valence-electron chi connectivity index (χ3n) is 3.06. The number of benzene rings is 1. The molecule has 0 heterocycles. The van der Waals surface area contributed by atoms with Crippen molar-refractivity contribution < 1.29 is 4.84 Å². The molecule has 0 amide bonds. The van der Waals surface area contributed by atoms with Crippen molar-refractivity contribution in [2.75, 3.05) is 7.11 Å². The Kier molecular flexibility index (Phi) is 3.62. The molecule has 0 bridgehead atoms. The molecule has 2 nitrogen and oxygen atoms in total. The molecular weight excluding hydrogens is 210 g/mol. The summed E-state index contributed by atoms with van der Waals surface area (Å²) >= 11 is 5.99. The molecular formula is C12H16ClNO. The SMILES string of the molecule is CONCc1cc(Cl)ccc1C1CCC1. The number of hydroxylamine groups is 1. The smallest absolute Gasteiger partial charge is 0.0572 e. The summed E-state index contributed by atoms with van der Waals surface area (Å²) in [5, 5.41) is 0.797. The molecule has 2 rings (SSSR count). The first-order valence-corrected chi connectivity index (χ1v) is 5.73. The van der Waals surface area contributed by atoms with Crippen LogP contribution in [0.2, 0.25) is 5.02 Å². The maximum absolute atomic E-state index is 5.99. The van der Waals surface area contributed by atoms with Gasteiger partial charge in [-0.1, -0.05) is 24.1 Å². The molecule has 0 radical (unpaired) electrons. The first-order chi connectivity index (χ1) is 7.31. The maximum atomic E-state index is 5.99. The van der Waals surface area contributed by atoms with Gasteiger partial charge in [-0.3, -0.25) is 0 Å². The zero-order chi connectivity index (χ0) is 10.7. The van der Waals surface area contributed by atoms with Gasteiger partial charge in [-0.25, -0.2) is 0 Å². The minimum atomic E-state index is 0.725. The highest BCUT2D eigenvalue weighted by molar-refractivity contribution is 6.30. The van der Waals surface area contributed by atoms with Gasteiger partial charge < -0.3 is 4.84 Å². The summed E-state index contributed by atoms with van der Waals surface area (Å²) in [6, 6.07) is 6.16. The lowest BCUT2D eigenvalue weighted by Crippen LogP contribution is -2.16. The fraction of sp³-hybridized carbons (Fsp3) is 0.500. The van der Waals surface area contributed by atoms with Crippen molar-refractivity contribution in [2.45, 2.75) is 31.7 Å². The zero-order valence-electron chi connectivity index (χ0n) is 8.92. The first-order valence-electron chi connectivity index (χ1n) is 5.35. The van der Waals surface area contributed by atoms with Gasteiger partial charge in [0.2, 0.25) is 0 Å². The van der Waals surface area contributed by atoms with Crippen molar-refractivity contribution in [1.82, 2.24) is 5.48 Å². The van der Waals surface area contributed by atoms with Crippen LogP contribution in [-0.2, 0) is 11.4 Å². The summed E-state index contributed by atoms with van der Waals surface area (Å²) in [4.78, 5) is 4.88. The van der Waals surface area contributed by atoms with Crippen LogP contribution < -0.4 is 5.48 Å². The zero-order valence-corrected chi connectivity index (χ0v) is 9.68. The van der Waals surface area contributed by atoms with Gasteiger partial charge in [0.05, 0.1) is 7.11 Å². The molecule has 0 saturated heterocycles. The Bertz CT molecular complexity index is 336. The van der Waals surface area contributed by atoms with Gasteiger partial charge in [0.15, 0.2) is 0 Å². The molecule has 0 unspecified atom stereocenters. The predicted molar refractivity (Wildman–Crippen MR) is 61.9 cm³/mol. The minimum Gasteiger partial charge on any atom is -0.305 e. The Morgan fingerprint density at radius 1 is 1.47 bits per heavy atom. The molecule has 82 valence electrons. The van der Waals surface area contributed by atoms with Crippen molar-refractivity contribution in [2.24, 2.45) is 0 Å². The van der Waals surface area contributed by atoms with Gasteiger partial charge >= 0.3 is 0 Å². The van der Waals surface area contributed by atoms with E-state index in [4.69, 9.17) is 16.4 Å². The Labute approximate surface area is 95.5 Å². The molecule has 3 heteroatoms. The van der Waals surface area contributed by atoms with Crippen LogP contribution in [0.25, 0.3) is 0 Å². The maximum Gasteiger partial charge on any atom is 0.0572 e. The van der Waals surface area contributed by atoms with E-state index >= 15 is 0 Å². The van der Waals surface area contributed by atoms with E-state index in [1.54, 1.807) is 7.11 Å². The highest BCUT2D eigenvalue weighted by atomic mass is 35.5. The topological polar surface area (TPSA) is 21.3 Å². The van der Waals surface area contributed by atoms with Crippen molar-refractivity contribution in [3.05, 3.63) is 34.3 Å². The minimum absolute atomic E-state index is 0.725. The van der Waals surface area contributed by atoms with E-state index in [1.165, 1.54) is 30.4 Å². The van der Waals surface area contributed by atoms with Crippen LogP contribution >= 0.6 is 11.6 Å². The van der Waals surface area contributed by atoms with Gasteiger partial charge in [-0.15, -0.1) is 0 Å². The van der Waals surface area contributed by atoms with Crippen LogP contribution in [-0.4, -0.2) is 7.11 Å². The van der Waals surface area contributed by atoms with Crippen LogP contribution in [0.3, 0.4) is 0 Å². The molecule has 1 saturated carbocycles. The van der Waals surface area contributed by atoms with E-state index in [2.05, 4.69) is 11.5 Å². The lowest BCUT2D eigenvalue weighted by atomic mass is 9.78. The fourth-order valence-electron chi connectivity index (χ4n) is 1.99. The van der Waals surface area contributed by atoms with Gasteiger partial charge in [-0.2, -0.15) is 5.48 Å². The standard InChI is InChI=1S/C12H16ClNO/c1-15-14-8-10-7-11(13)5-6-12(10)9-3-2-4-9/h5-7,9,14H,2-4,8H2,1H3. The van der Waals surface area contributed by atoms with Crippen molar-refractivity contribution in [3.8, 4) is 0 Å². The third-order valence-corrected chi connectivity index (χ3v) is 3.29. The second kappa shape index (κ2) is 4.97. The van der Waals surface area contributed by atoms with Crippen LogP contribution in [0.5, 0.6) is 0 Å². The van der Waals surface area contributed by atoms with Gasteiger partial charge in [0.25, 0.3) is 0 Å². The van der Waals surface area contributed by atoms with E-state index in [0.29, 0.717) is 0 Å². The fourth-order valence-corrected chi connectivity index (χ4v) is 2.19. The molecule has 1 aromatic rings. The Hall–Kier alpha value is -0.570. The van der Waals surface area contributed by atoms with E-state index in [0.717, 1.165) is 17.5 Å². The third kappa shape index (κ3) is 2.51. The highest BCUT2D eigenvalue weighted by Crippen LogP contribution is 2.38. The summed E-state index contributed by atoms with van der Waals surface area (Å²) in [5.74, 6) is 0.732. The normalized spacial score (nSPS) is 16.4. The lowest BCUT2D eigenvalue weighted by molar-refractivity contribution is 0.0863. The Morgan fingerprint density at radius 3 is 2.87 bits per heavy atom. The number of hydrogen-bond donors (Lipinski definition) is 1. The van der Waals surface area contributed by atoms with Crippen LogP contribution in [0.4, 0.5) is 0 Å². The van der Waals surface area contributed by atoms with Crippen molar-refractivity contribution in [3.63, 3.8) is 0 Å². The van der Waals surface area contributed by atoms with E-state index in [1.807, 2.05) is 12.1 Å². The Morgan fingerprint density at radius 2 is 2.27 bits per heavy atom. The second-order valence-corrected chi connectivity index (χ2v) is 4.43. The number of hydrogen-bond acceptors (Lipinski definition) is 2. The average Bonchev–Trinajstić information content (AvgIpc) is 2.15. The van der Waals surface area contributed by atoms with Gasteiger partial charge in [-0.05, 0) is 42.0 Å². The van der Waals surface area contributed by atoms with E-state index in [-0.39, 0.29) is 0 Å². The monoisotopic (exact) mass is 225 g/mol. The molecule has 1 N–H and O–H groups in total. The summed E-state index contributed by atoms with van der Waals surface area (Å²) in [5.41, 5.74) is 5.56. The first kappa shape index (κ1) is 10.9. The molecule has 0 aromatic heterocycles. The highest BCUT2D eigenvalue weighted by Gasteiger charge is 2.21. The predicted octanol–water partition coefficient (Wildman–Crippen LogP) is 3.26. The summed E-state index contributed by atoms with van der Waals surface area (Å²) < 4.78 is 0.